The third kappa shape index (κ3) is 9.41. The van der Waals surface area contributed by atoms with E-state index < -0.39 is 0 Å². The van der Waals surface area contributed by atoms with Gasteiger partial charge < -0.3 is 9.47 Å². The SMILES string of the molecule is COCCOC=O.[Zn]. The Morgan fingerprint density at radius 3 is 2.50 bits per heavy atom. The van der Waals surface area contributed by atoms with Gasteiger partial charge in [-0.25, -0.2) is 0 Å². The van der Waals surface area contributed by atoms with Crippen LogP contribution in [-0.4, -0.2) is 26.8 Å². The van der Waals surface area contributed by atoms with Gasteiger partial charge in [0.25, 0.3) is 6.47 Å². The summed E-state index contributed by atoms with van der Waals surface area (Å²) >= 11 is 0. The first-order valence-electron chi connectivity index (χ1n) is 1.96. The summed E-state index contributed by atoms with van der Waals surface area (Å²) in [5.74, 6) is 0. The zero-order valence-electron chi connectivity index (χ0n) is 4.92. The standard InChI is InChI=1S/C4H8O3.Zn/c1-6-2-3-7-4-5;/h4H,2-3H2,1H3;. The Hall–Kier alpha value is 0.0534. The van der Waals surface area contributed by atoms with Gasteiger partial charge in [-0.05, 0) is 0 Å². The third-order valence-electron chi connectivity index (χ3n) is 0.473. The summed E-state index contributed by atoms with van der Waals surface area (Å²) < 4.78 is 8.83. The molecule has 0 aromatic rings. The van der Waals surface area contributed by atoms with Crippen molar-refractivity contribution in [3.63, 3.8) is 0 Å². The molecule has 0 atom stereocenters. The fraction of sp³-hybridized carbons (Fsp3) is 0.750. The maximum absolute atomic E-state index is 9.40. The minimum Gasteiger partial charge on any atom is -0.465 e. The van der Waals surface area contributed by atoms with E-state index in [4.69, 9.17) is 0 Å². The zero-order valence-corrected chi connectivity index (χ0v) is 7.89. The number of rotatable bonds is 4. The third-order valence-corrected chi connectivity index (χ3v) is 0.473. The van der Waals surface area contributed by atoms with Crippen LogP contribution < -0.4 is 0 Å². The van der Waals surface area contributed by atoms with E-state index in [2.05, 4.69) is 9.47 Å². The predicted octanol–water partition coefficient (Wildman–Crippen LogP) is -0.197. The van der Waals surface area contributed by atoms with Crippen molar-refractivity contribution in [1.29, 1.82) is 0 Å². The molecule has 0 saturated carbocycles. The molecule has 0 rings (SSSR count). The summed E-state index contributed by atoms with van der Waals surface area (Å²) in [6.45, 7) is 1.22. The van der Waals surface area contributed by atoms with Crippen molar-refractivity contribution < 1.29 is 33.7 Å². The smallest absolute Gasteiger partial charge is 0.293 e. The predicted molar refractivity (Wildman–Crippen MR) is 23.9 cm³/mol. The van der Waals surface area contributed by atoms with E-state index in [0.717, 1.165) is 0 Å². The molecule has 0 aromatic heterocycles. The van der Waals surface area contributed by atoms with Crippen LogP contribution in [0.3, 0.4) is 0 Å². The average molecular weight is 169 g/mol. The van der Waals surface area contributed by atoms with Crippen LogP contribution in [0, 0.1) is 0 Å². The van der Waals surface area contributed by atoms with Gasteiger partial charge >= 0.3 is 0 Å². The maximum atomic E-state index is 9.40. The summed E-state index contributed by atoms with van der Waals surface area (Å²) in [7, 11) is 1.55. The van der Waals surface area contributed by atoms with E-state index in [9.17, 15) is 4.79 Å². The van der Waals surface area contributed by atoms with Gasteiger partial charge in [-0.1, -0.05) is 0 Å². The molecule has 4 heteroatoms. The number of carbonyl (C=O) groups excluding carboxylic acids is 1. The van der Waals surface area contributed by atoms with Crippen LogP contribution in [0.4, 0.5) is 0 Å². The minimum atomic E-state index is 0. The molecule has 3 nitrogen and oxygen atoms in total. The van der Waals surface area contributed by atoms with Crippen LogP contribution in [0.15, 0.2) is 0 Å². The summed E-state index contributed by atoms with van der Waals surface area (Å²) in [4.78, 5) is 9.40. The molecule has 44 valence electrons. The van der Waals surface area contributed by atoms with Crippen LogP contribution in [0.25, 0.3) is 0 Å². The second-order valence-electron chi connectivity index (χ2n) is 0.960. The first-order chi connectivity index (χ1) is 3.41. The van der Waals surface area contributed by atoms with E-state index >= 15 is 0 Å². The normalized spacial score (nSPS) is 7.12. The molecule has 0 aromatic carbocycles. The molecule has 0 amide bonds. The number of carbonyl (C=O) groups is 1. The van der Waals surface area contributed by atoms with Gasteiger partial charge in [0.2, 0.25) is 0 Å². The molecule has 0 radical (unpaired) electrons. The quantitative estimate of drug-likeness (QED) is 0.332. The number of hydrogen-bond donors (Lipinski definition) is 0. The molecule has 0 fully saturated rings. The van der Waals surface area contributed by atoms with Crippen molar-refractivity contribution in [1.82, 2.24) is 0 Å². The monoisotopic (exact) mass is 168 g/mol. The van der Waals surface area contributed by atoms with Crippen molar-refractivity contribution in [2.45, 2.75) is 0 Å². The Bertz CT molecular complexity index is 48.5. The molecule has 0 saturated heterocycles. The second kappa shape index (κ2) is 10.1. The van der Waals surface area contributed by atoms with E-state index in [1.165, 1.54) is 0 Å². The van der Waals surface area contributed by atoms with Gasteiger partial charge in [-0.2, -0.15) is 0 Å². The molecule has 0 bridgehead atoms. The van der Waals surface area contributed by atoms with Crippen molar-refractivity contribution in [3.8, 4) is 0 Å². The molecular weight excluding hydrogens is 161 g/mol. The van der Waals surface area contributed by atoms with Crippen molar-refractivity contribution in [2.24, 2.45) is 0 Å². The van der Waals surface area contributed by atoms with E-state index in [-0.39, 0.29) is 19.5 Å². The number of hydrogen-bond acceptors (Lipinski definition) is 3. The molecular formula is C4H8O3Zn. The van der Waals surface area contributed by atoms with Crippen LogP contribution >= 0.6 is 0 Å². The number of ether oxygens (including phenoxy) is 2. The largest absolute Gasteiger partial charge is 0.465 e. The molecule has 8 heavy (non-hydrogen) atoms. The van der Waals surface area contributed by atoms with Crippen molar-refractivity contribution in [3.05, 3.63) is 0 Å². The average Bonchev–Trinajstić information content (AvgIpc) is 1.69. The molecule has 0 aliphatic carbocycles. The first-order valence-corrected chi connectivity index (χ1v) is 1.96. The molecule has 0 heterocycles. The van der Waals surface area contributed by atoms with Gasteiger partial charge in [-0.3, -0.25) is 4.79 Å². The summed E-state index contributed by atoms with van der Waals surface area (Å²) in [5, 5.41) is 0. The van der Waals surface area contributed by atoms with Crippen molar-refractivity contribution in [2.75, 3.05) is 20.3 Å². The Morgan fingerprint density at radius 1 is 1.50 bits per heavy atom. The Balaban J connectivity index is 0. The Kier molecular flexibility index (Phi) is 13.8. The van der Waals surface area contributed by atoms with Crippen LogP contribution in [-0.2, 0) is 33.7 Å². The van der Waals surface area contributed by atoms with Gasteiger partial charge in [0.1, 0.15) is 6.61 Å². The van der Waals surface area contributed by atoms with Gasteiger partial charge in [0.05, 0.1) is 6.61 Å². The van der Waals surface area contributed by atoms with Crippen LogP contribution in [0.2, 0.25) is 0 Å². The molecule has 0 N–H and O–H groups in total. The molecule has 0 spiro atoms. The maximum Gasteiger partial charge on any atom is 0.293 e. The second-order valence-corrected chi connectivity index (χ2v) is 0.960. The first kappa shape index (κ1) is 10.9. The van der Waals surface area contributed by atoms with Gasteiger partial charge in [0.15, 0.2) is 0 Å². The fourth-order valence-electron chi connectivity index (χ4n) is 0.180. The van der Waals surface area contributed by atoms with E-state index in [1.807, 2.05) is 0 Å². The molecule has 0 aliphatic heterocycles. The van der Waals surface area contributed by atoms with Crippen molar-refractivity contribution >= 4 is 6.47 Å². The van der Waals surface area contributed by atoms with Gasteiger partial charge in [0, 0.05) is 26.6 Å². The Labute approximate surface area is 61.1 Å². The molecule has 0 unspecified atom stereocenters. The van der Waals surface area contributed by atoms with Crippen LogP contribution in [0.1, 0.15) is 0 Å². The molecule has 0 aliphatic rings. The summed E-state index contributed by atoms with van der Waals surface area (Å²) in [6.07, 6.45) is 0. The topological polar surface area (TPSA) is 35.5 Å². The summed E-state index contributed by atoms with van der Waals surface area (Å²) in [6, 6.07) is 0. The van der Waals surface area contributed by atoms with E-state index in [1.54, 1.807) is 7.11 Å². The van der Waals surface area contributed by atoms with Crippen LogP contribution in [0.5, 0.6) is 0 Å². The minimum absolute atomic E-state index is 0. The fourth-order valence-corrected chi connectivity index (χ4v) is 0.180. The van der Waals surface area contributed by atoms with E-state index in [0.29, 0.717) is 19.7 Å². The van der Waals surface area contributed by atoms with Gasteiger partial charge in [-0.15, -0.1) is 0 Å². The Morgan fingerprint density at radius 2 is 2.12 bits per heavy atom. The summed E-state index contributed by atoms with van der Waals surface area (Å²) in [5.41, 5.74) is 0. The zero-order chi connectivity index (χ0) is 5.54. The number of methoxy groups -OCH3 is 1.